The molecule has 4 nitrogen and oxygen atoms in total. The van der Waals surface area contributed by atoms with Gasteiger partial charge in [-0.05, 0) is 26.3 Å². The summed E-state index contributed by atoms with van der Waals surface area (Å²) in [6.45, 7) is 7.11. The molecule has 0 saturated carbocycles. The van der Waals surface area contributed by atoms with Crippen LogP contribution in [0.4, 0.5) is 0 Å². The van der Waals surface area contributed by atoms with E-state index in [9.17, 15) is 4.79 Å². The van der Waals surface area contributed by atoms with Crippen molar-refractivity contribution in [1.82, 2.24) is 9.88 Å². The molecule has 0 atom stereocenters. The number of aromatic nitrogens is 2. The number of imidazole rings is 1. The lowest BCUT2D eigenvalue weighted by molar-refractivity contribution is -0.687. The molecule has 2 rings (SSSR count). The van der Waals surface area contributed by atoms with Crippen molar-refractivity contribution >= 4 is 5.91 Å². The molecule has 1 amide bonds. The Labute approximate surface area is 120 Å². The molecular weight excluding hydrogens is 250 g/mol. The molecule has 1 aromatic heterocycles. The Morgan fingerprint density at radius 3 is 2.60 bits per heavy atom. The van der Waals surface area contributed by atoms with Gasteiger partial charge in [0.1, 0.15) is 18.9 Å². The third-order valence-electron chi connectivity index (χ3n) is 2.79. The summed E-state index contributed by atoms with van der Waals surface area (Å²) in [4.78, 5) is 11.9. The van der Waals surface area contributed by atoms with Gasteiger partial charge in [0.2, 0.25) is 6.33 Å². The van der Waals surface area contributed by atoms with E-state index >= 15 is 0 Å². The molecular formula is C16H22N3O+. The summed E-state index contributed by atoms with van der Waals surface area (Å²) < 4.78 is 3.96. The summed E-state index contributed by atoms with van der Waals surface area (Å²) in [6.07, 6.45) is 5.86. The lowest BCUT2D eigenvalue weighted by atomic mass is 10.1. The summed E-state index contributed by atoms with van der Waals surface area (Å²) >= 11 is 0. The molecule has 0 aliphatic rings. The van der Waals surface area contributed by atoms with E-state index in [2.05, 4.69) is 22.0 Å². The lowest BCUT2D eigenvalue weighted by Gasteiger charge is -2.19. The van der Waals surface area contributed by atoms with E-state index in [4.69, 9.17) is 0 Å². The highest BCUT2D eigenvalue weighted by atomic mass is 16.2. The predicted molar refractivity (Wildman–Crippen MR) is 78.1 cm³/mol. The van der Waals surface area contributed by atoms with Crippen molar-refractivity contribution in [2.24, 2.45) is 0 Å². The van der Waals surface area contributed by atoms with Crippen LogP contribution in [0.5, 0.6) is 0 Å². The SMILES string of the molecule is CC(C)(C)NC(=O)Cn1cc[n+](Cc2ccccc2)c1. The van der Waals surface area contributed by atoms with Crippen LogP contribution in [-0.2, 0) is 17.9 Å². The number of benzene rings is 1. The minimum absolute atomic E-state index is 0.0277. The Morgan fingerprint density at radius 1 is 1.25 bits per heavy atom. The van der Waals surface area contributed by atoms with Gasteiger partial charge in [-0.25, -0.2) is 9.13 Å². The van der Waals surface area contributed by atoms with E-state index in [1.165, 1.54) is 5.56 Å². The molecule has 0 spiro atoms. The Hall–Kier alpha value is -2.10. The summed E-state index contributed by atoms with van der Waals surface area (Å²) in [6, 6.07) is 10.3. The molecule has 0 unspecified atom stereocenters. The smallest absolute Gasteiger partial charge is 0.262 e. The molecule has 2 aromatic rings. The van der Waals surface area contributed by atoms with Crippen molar-refractivity contribution in [3.8, 4) is 0 Å². The van der Waals surface area contributed by atoms with Gasteiger partial charge in [0.25, 0.3) is 5.91 Å². The maximum Gasteiger partial charge on any atom is 0.262 e. The first-order valence-electron chi connectivity index (χ1n) is 6.82. The molecule has 0 bridgehead atoms. The quantitative estimate of drug-likeness (QED) is 0.846. The van der Waals surface area contributed by atoms with E-state index in [-0.39, 0.29) is 11.4 Å². The molecule has 0 fully saturated rings. The number of amides is 1. The van der Waals surface area contributed by atoms with Gasteiger partial charge in [-0.2, -0.15) is 0 Å². The number of nitrogens with one attached hydrogen (secondary N) is 1. The summed E-state index contributed by atoms with van der Waals surface area (Å²) in [5.74, 6) is 0.0277. The first-order chi connectivity index (χ1) is 9.42. The Kier molecular flexibility index (Phi) is 4.23. The standard InChI is InChI=1S/C16H21N3O/c1-16(2,3)17-15(20)12-19-10-9-18(13-19)11-14-7-5-4-6-8-14/h4-10,13H,11-12H2,1-3H3/p+1. The van der Waals surface area contributed by atoms with Gasteiger partial charge in [0, 0.05) is 5.54 Å². The maximum atomic E-state index is 11.9. The van der Waals surface area contributed by atoms with E-state index in [0.29, 0.717) is 6.54 Å². The van der Waals surface area contributed by atoms with Crippen LogP contribution in [0.15, 0.2) is 49.1 Å². The number of hydrogen-bond acceptors (Lipinski definition) is 1. The van der Waals surface area contributed by atoms with Crippen molar-refractivity contribution in [2.75, 3.05) is 0 Å². The number of rotatable bonds is 4. The molecule has 0 saturated heterocycles. The van der Waals surface area contributed by atoms with Gasteiger partial charge < -0.3 is 5.32 Å². The van der Waals surface area contributed by atoms with Gasteiger partial charge in [-0.3, -0.25) is 4.79 Å². The highest BCUT2D eigenvalue weighted by Crippen LogP contribution is 2.00. The van der Waals surface area contributed by atoms with Gasteiger partial charge in [-0.1, -0.05) is 30.3 Å². The topological polar surface area (TPSA) is 37.9 Å². The normalized spacial score (nSPS) is 11.3. The van der Waals surface area contributed by atoms with Crippen LogP contribution >= 0.6 is 0 Å². The zero-order chi connectivity index (χ0) is 14.6. The minimum atomic E-state index is -0.190. The van der Waals surface area contributed by atoms with Crippen molar-refractivity contribution in [2.45, 2.75) is 39.4 Å². The molecule has 0 aliphatic carbocycles. The predicted octanol–water partition coefficient (Wildman–Crippen LogP) is 1.74. The number of hydrogen-bond donors (Lipinski definition) is 1. The van der Waals surface area contributed by atoms with E-state index < -0.39 is 0 Å². The monoisotopic (exact) mass is 272 g/mol. The third kappa shape index (κ3) is 4.53. The van der Waals surface area contributed by atoms with Crippen LogP contribution in [0.2, 0.25) is 0 Å². The molecule has 4 heteroatoms. The van der Waals surface area contributed by atoms with Crippen molar-refractivity contribution < 1.29 is 9.36 Å². The summed E-state index contributed by atoms with van der Waals surface area (Å²) in [5.41, 5.74) is 1.05. The molecule has 20 heavy (non-hydrogen) atoms. The Morgan fingerprint density at radius 2 is 1.95 bits per heavy atom. The average molecular weight is 272 g/mol. The van der Waals surface area contributed by atoms with Crippen molar-refractivity contribution in [3.05, 3.63) is 54.6 Å². The van der Waals surface area contributed by atoms with Crippen molar-refractivity contribution in [3.63, 3.8) is 0 Å². The zero-order valence-electron chi connectivity index (χ0n) is 12.3. The van der Waals surface area contributed by atoms with Gasteiger partial charge >= 0.3 is 0 Å². The molecule has 1 N–H and O–H groups in total. The minimum Gasteiger partial charge on any atom is -0.348 e. The summed E-state index contributed by atoms with van der Waals surface area (Å²) in [7, 11) is 0. The van der Waals surface area contributed by atoms with Crippen LogP contribution in [0.3, 0.4) is 0 Å². The number of carbonyl (C=O) groups excluding carboxylic acids is 1. The van der Waals surface area contributed by atoms with Gasteiger partial charge in [-0.15, -0.1) is 0 Å². The fourth-order valence-electron chi connectivity index (χ4n) is 2.04. The second-order valence-corrected chi connectivity index (χ2v) is 6.04. The first-order valence-corrected chi connectivity index (χ1v) is 6.82. The largest absolute Gasteiger partial charge is 0.348 e. The maximum absolute atomic E-state index is 11.9. The lowest BCUT2D eigenvalue weighted by Crippen LogP contribution is -2.42. The number of nitrogens with zero attached hydrogens (tertiary/aromatic N) is 2. The average Bonchev–Trinajstić information content (AvgIpc) is 2.75. The van der Waals surface area contributed by atoms with Crippen molar-refractivity contribution in [1.29, 1.82) is 0 Å². The molecule has 1 heterocycles. The zero-order valence-corrected chi connectivity index (χ0v) is 12.3. The second-order valence-electron chi connectivity index (χ2n) is 6.04. The summed E-state index contributed by atoms with van der Waals surface area (Å²) in [5, 5.41) is 2.96. The van der Waals surface area contributed by atoms with E-state index in [1.807, 2.05) is 62.3 Å². The van der Waals surface area contributed by atoms with Crippen LogP contribution in [-0.4, -0.2) is 16.0 Å². The fraction of sp³-hybridized carbons (Fsp3) is 0.375. The van der Waals surface area contributed by atoms with Crippen LogP contribution in [0.25, 0.3) is 0 Å². The molecule has 1 aromatic carbocycles. The van der Waals surface area contributed by atoms with Gasteiger partial charge in [0.15, 0.2) is 6.54 Å². The second kappa shape index (κ2) is 5.90. The molecule has 0 aliphatic heterocycles. The molecule has 0 radical (unpaired) electrons. The first kappa shape index (κ1) is 14.3. The van der Waals surface area contributed by atoms with E-state index in [1.54, 1.807) is 0 Å². The third-order valence-corrected chi connectivity index (χ3v) is 2.79. The fourth-order valence-corrected chi connectivity index (χ4v) is 2.04. The van der Waals surface area contributed by atoms with Crippen LogP contribution in [0, 0.1) is 0 Å². The highest BCUT2D eigenvalue weighted by molar-refractivity contribution is 5.76. The van der Waals surface area contributed by atoms with Gasteiger partial charge in [0.05, 0.1) is 0 Å². The Bertz CT molecular complexity index is 567. The number of carbonyl (C=O) groups is 1. The van der Waals surface area contributed by atoms with Crippen LogP contribution < -0.4 is 9.88 Å². The van der Waals surface area contributed by atoms with Crippen LogP contribution in [0.1, 0.15) is 26.3 Å². The van der Waals surface area contributed by atoms with E-state index in [0.717, 1.165) is 6.54 Å². The Balaban J connectivity index is 1.94. The highest BCUT2D eigenvalue weighted by Gasteiger charge is 2.16. The molecule has 106 valence electrons.